The Morgan fingerprint density at radius 3 is 2.71 bits per heavy atom. The summed E-state index contributed by atoms with van der Waals surface area (Å²) in [5.74, 6) is -0.603. The van der Waals surface area contributed by atoms with Crippen LogP contribution in [-0.2, 0) is 4.74 Å². The van der Waals surface area contributed by atoms with Crippen molar-refractivity contribution in [3.8, 4) is 11.3 Å². The molecule has 0 fully saturated rings. The molecular formula is C19H17FN2O2. The number of rotatable bonds is 5. The van der Waals surface area contributed by atoms with Crippen LogP contribution in [0.25, 0.3) is 22.2 Å². The van der Waals surface area contributed by atoms with Crippen LogP contribution in [0.1, 0.15) is 10.4 Å². The average Bonchev–Trinajstić information content (AvgIpc) is 2.61. The molecule has 3 rings (SSSR count). The van der Waals surface area contributed by atoms with E-state index < -0.39 is 0 Å². The first-order chi connectivity index (χ1) is 11.7. The van der Waals surface area contributed by atoms with Crippen LogP contribution in [0.15, 0.2) is 54.6 Å². The zero-order chi connectivity index (χ0) is 16.9. The molecule has 1 amide bonds. The maximum atomic E-state index is 14.1. The Bertz CT molecular complexity index is 880. The summed E-state index contributed by atoms with van der Waals surface area (Å²) >= 11 is 0. The van der Waals surface area contributed by atoms with Crippen molar-refractivity contribution in [3.63, 3.8) is 0 Å². The van der Waals surface area contributed by atoms with Gasteiger partial charge in [-0.1, -0.05) is 30.3 Å². The van der Waals surface area contributed by atoms with Crippen molar-refractivity contribution in [2.24, 2.45) is 0 Å². The number of halogens is 1. The summed E-state index contributed by atoms with van der Waals surface area (Å²) in [5.41, 5.74) is 1.92. The molecule has 0 atom stereocenters. The maximum Gasteiger partial charge on any atom is 0.252 e. The Hall–Kier alpha value is -2.79. The minimum Gasteiger partial charge on any atom is -0.383 e. The molecule has 0 bridgehead atoms. The number of para-hydroxylation sites is 1. The quantitative estimate of drug-likeness (QED) is 0.732. The number of nitrogens with zero attached hydrogens (tertiary/aromatic N) is 1. The lowest BCUT2D eigenvalue weighted by atomic mass is 10.0. The Morgan fingerprint density at radius 2 is 1.92 bits per heavy atom. The van der Waals surface area contributed by atoms with Crippen molar-refractivity contribution in [2.75, 3.05) is 20.3 Å². The van der Waals surface area contributed by atoms with Crippen molar-refractivity contribution in [1.82, 2.24) is 10.3 Å². The van der Waals surface area contributed by atoms with Crippen molar-refractivity contribution in [1.29, 1.82) is 0 Å². The van der Waals surface area contributed by atoms with Crippen LogP contribution in [0, 0.1) is 5.82 Å². The van der Waals surface area contributed by atoms with E-state index in [0.29, 0.717) is 35.5 Å². The SMILES string of the molecule is COCCNC(=O)c1cc(-c2ccccc2F)nc2ccccc12. The molecule has 0 saturated carbocycles. The van der Waals surface area contributed by atoms with Crippen LogP contribution in [0.4, 0.5) is 4.39 Å². The molecule has 1 N–H and O–H groups in total. The Balaban J connectivity index is 2.10. The van der Waals surface area contributed by atoms with Crippen molar-refractivity contribution >= 4 is 16.8 Å². The highest BCUT2D eigenvalue weighted by Crippen LogP contribution is 2.26. The highest BCUT2D eigenvalue weighted by Gasteiger charge is 2.15. The molecule has 0 spiro atoms. The molecule has 1 aromatic heterocycles. The maximum absolute atomic E-state index is 14.1. The fraction of sp³-hybridized carbons (Fsp3) is 0.158. The number of benzene rings is 2. The number of hydrogen-bond acceptors (Lipinski definition) is 3. The van der Waals surface area contributed by atoms with Gasteiger partial charge in [0.1, 0.15) is 5.82 Å². The molecule has 4 nitrogen and oxygen atoms in total. The number of pyridine rings is 1. The lowest BCUT2D eigenvalue weighted by Crippen LogP contribution is -2.27. The fourth-order valence-electron chi connectivity index (χ4n) is 2.53. The third-order valence-corrected chi connectivity index (χ3v) is 3.70. The lowest BCUT2D eigenvalue weighted by Gasteiger charge is -2.11. The normalized spacial score (nSPS) is 10.8. The van der Waals surface area contributed by atoms with E-state index in [4.69, 9.17) is 4.74 Å². The first-order valence-corrected chi connectivity index (χ1v) is 7.62. The van der Waals surface area contributed by atoms with E-state index in [1.54, 1.807) is 31.4 Å². The van der Waals surface area contributed by atoms with Crippen LogP contribution in [-0.4, -0.2) is 31.2 Å². The molecule has 2 aromatic carbocycles. The van der Waals surface area contributed by atoms with Crippen LogP contribution >= 0.6 is 0 Å². The minimum atomic E-state index is -0.369. The van der Waals surface area contributed by atoms with Gasteiger partial charge in [-0.3, -0.25) is 4.79 Å². The smallest absolute Gasteiger partial charge is 0.252 e. The summed E-state index contributed by atoms with van der Waals surface area (Å²) in [6, 6.07) is 15.4. The van der Waals surface area contributed by atoms with E-state index in [1.165, 1.54) is 6.07 Å². The standard InChI is InChI=1S/C19H17FN2O2/c1-24-11-10-21-19(23)15-12-18(14-7-2-4-8-16(14)20)22-17-9-5-3-6-13(15)17/h2-9,12H,10-11H2,1H3,(H,21,23). The number of aromatic nitrogens is 1. The van der Waals surface area contributed by atoms with Crippen LogP contribution in [0.2, 0.25) is 0 Å². The molecule has 24 heavy (non-hydrogen) atoms. The summed E-state index contributed by atoms with van der Waals surface area (Å²) in [6.45, 7) is 0.829. The fourth-order valence-corrected chi connectivity index (χ4v) is 2.53. The van der Waals surface area contributed by atoms with Crippen LogP contribution in [0.5, 0.6) is 0 Å². The topological polar surface area (TPSA) is 51.2 Å². The molecule has 0 unspecified atom stereocenters. The number of ether oxygens (including phenoxy) is 1. The number of fused-ring (bicyclic) bond motifs is 1. The van der Waals surface area contributed by atoms with Crippen molar-refractivity contribution < 1.29 is 13.9 Å². The van der Waals surface area contributed by atoms with Gasteiger partial charge in [0.15, 0.2) is 0 Å². The molecule has 0 radical (unpaired) electrons. The Kier molecular flexibility index (Phi) is 4.82. The second-order valence-electron chi connectivity index (χ2n) is 5.30. The molecule has 122 valence electrons. The van der Waals surface area contributed by atoms with Gasteiger partial charge in [-0.15, -0.1) is 0 Å². The number of carbonyl (C=O) groups excluding carboxylic acids is 1. The second kappa shape index (κ2) is 7.19. The van der Waals surface area contributed by atoms with E-state index in [1.807, 2.05) is 24.3 Å². The summed E-state index contributed by atoms with van der Waals surface area (Å²) in [7, 11) is 1.57. The predicted molar refractivity (Wildman–Crippen MR) is 91.3 cm³/mol. The minimum absolute atomic E-state index is 0.233. The Labute approximate surface area is 139 Å². The number of amides is 1. The summed E-state index contributed by atoms with van der Waals surface area (Å²) in [5, 5.41) is 3.53. The highest BCUT2D eigenvalue weighted by atomic mass is 19.1. The van der Waals surface area contributed by atoms with Gasteiger partial charge < -0.3 is 10.1 Å². The molecule has 1 heterocycles. The van der Waals surface area contributed by atoms with Gasteiger partial charge in [0.05, 0.1) is 23.4 Å². The lowest BCUT2D eigenvalue weighted by molar-refractivity contribution is 0.0938. The molecule has 3 aromatic rings. The van der Waals surface area contributed by atoms with Crippen LogP contribution < -0.4 is 5.32 Å². The van der Waals surface area contributed by atoms with E-state index in [2.05, 4.69) is 10.3 Å². The molecular weight excluding hydrogens is 307 g/mol. The summed E-state index contributed by atoms with van der Waals surface area (Å²) < 4.78 is 19.0. The van der Waals surface area contributed by atoms with Gasteiger partial charge >= 0.3 is 0 Å². The zero-order valence-corrected chi connectivity index (χ0v) is 13.3. The summed E-state index contributed by atoms with van der Waals surface area (Å²) in [6.07, 6.45) is 0. The monoisotopic (exact) mass is 324 g/mol. The van der Waals surface area contributed by atoms with Gasteiger partial charge in [-0.2, -0.15) is 0 Å². The Morgan fingerprint density at radius 1 is 1.17 bits per heavy atom. The predicted octanol–water partition coefficient (Wildman–Crippen LogP) is 3.42. The third-order valence-electron chi connectivity index (χ3n) is 3.70. The zero-order valence-electron chi connectivity index (χ0n) is 13.3. The first kappa shape index (κ1) is 16.1. The molecule has 0 saturated heterocycles. The largest absolute Gasteiger partial charge is 0.383 e. The third kappa shape index (κ3) is 3.26. The number of nitrogens with one attached hydrogen (secondary N) is 1. The molecule has 0 aliphatic carbocycles. The molecule has 5 heteroatoms. The van der Waals surface area contributed by atoms with Gasteiger partial charge in [0.2, 0.25) is 0 Å². The van der Waals surface area contributed by atoms with Crippen LogP contribution in [0.3, 0.4) is 0 Å². The van der Waals surface area contributed by atoms with E-state index in [-0.39, 0.29) is 11.7 Å². The number of carbonyl (C=O) groups is 1. The highest BCUT2D eigenvalue weighted by molar-refractivity contribution is 6.07. The number of methoxy groups -OCH3 is 1. The van der Waals surface area contributed by atoms with Crippen molar-refractivity contribution in [3.05, 3.63) is 66.0 Å². The van der Waals surface area contributed by atoms with E-state index in [9.17, 15) is 9.18 Å². The van der Waals surface area contributed by atoms with Gasteiger partial charge in [0.25, 0.3) is 5.91 Å². The van der Waals surface area contributed by atoms with Crippen molar-refractivity contribution in [2.45, 2.75) is 0 Å². The van der Waals surface area contributed by atoms with Gasteiger partial charge in [-0.25, -0.2) is 9.37 Å². The number of hydrogen-bond donors (Lipinski definition) is 1. The van der Waals surface area contributed by atoms with Gasteiger partial charge in [-0.05, 0) is 24.3 Å². The molecule has 0 aliphatic rings. The first-order valence-electron chi connectivity index (χ1n) is 7.62. The molecule has 0 aliphatic heterocycles. The van der Waals surface area contributed by atoms with E-state index >= 15 is 0 Å². The average molecular weight is 324 g/mol. The van der Waals surface area contributed by atoms with E-state index in [0.717, 1.165) is 5.39 Å². The van der Waals surface area contributed by atoms with Gasteiger partial charge in [0, 0.05) is 24.6 Å². The summed E-state index contributed by atoms with van der Waals surface area (Å²) in [4.78, 5) is 17.0. The second-order valence-corrected chi connectivity index (χ2v) is 5.30.